The molecule has 0 unspecified atom stereocenters. The van der Waals surface area contributed by atoms with Gasteiger partial charge in [-0.2, -0.15) is 0 Å². The molecule has 6 heteroatoms. The number of H-pyrrole nitrogens is 1. The molecule has 0 saturated carbocycles. The van der Waals surface area contributed by atoms with E-state index in [2.05, 4.69) is 4.98 Å². The van der Waals surface area contributed by atoms with Crippen LogP contribution in [0.2, 0.25) is 4.34 Å². The first-order valence-corrected chi connectivity index (χ1v) is 6.32. The van der Waals surface area contributed by atoms with E-state index in [0.717, 1.165) is 10.6 Å². The van der Waals surface area contributed by atoms with Gasteiger partial charge >= 0.3 is 5.69 Å². The highest BCUT2D eigenvalue weighted by Gasteiger charge is 2.08. The molecular formula is C10H9ClN2OS2. The number of thiophene rings is 1. The topological polar surface area (TPSA) is 37.8 Å². The van der Waals surface area contributed by atoms with E-state index in [1.54, 1.807) is 10.6 Å². The van der Waals surface area contributed by atoms with Crippen molar-refractivity contribution in [3.63, 3.8) is 0 Å². The molecule has 2 aromatic rings. The van der Waals surface area contributed by atoms with Crippen LogP contribution in [0.1, 0.15) is 6.92 Å². The van der Waals surface area contributed by atoms with Gasteiger partial charge in [-0.05, 0) is 25.1 Å². The lowest BCUT2D eigenvalue weighted by Gasteiger charge is -2.07. The maximum absolute atomic E-state index is 11.7. The van der Waals surface area contributed by atoms with Crippen LogP contribution < -0.4 is 5.69 Å². The normalized spacial score (nSPS) is 10.6. The van der Waals surface area contributed by atoms with Crippen molar-refractivity contribution < 1.29 is 0 Å². The maximum atomic E-state index is 11.7. The van der Waals surface area contributed by atoms with Gasteiger partial charge in [-0.25, -0.2) is 4.79 Å². The van der Waals surface area contributed by atoms with E-state index in [9.17, 15) is 4.79 Å². The SMILES string of the molecule is CCn1c(-c2ccc(Cl)s2)cc(=S)[nH]c1=O. The molecule has 0 aliphatic carbocycles. The van der Waals surface area contributed by atoms with Crippen LogP contribution in [0.15, 0.2) is 23.0 Å². The summed E-state index contributed by atoms with van der Waals surface area (Å²) in [6.07, 6.45) is 0. The zero-order chi connectivity index (χ0) is 11.7. The molecule has 0 aliphatic heterocycles. The average molecular weight is 273 g/mol. The summed E-state index contributed by atoms with van der Waals surface area (Å²) in [5, 5.41) is 0. The zero-order valence-electron chi connectivity index (χ0n) is 8.49. The molecule has 2 aromatic heterocycles. The summed E-state index contributed by atoms with van der Waals surface area (Å²) in [6.45, 7) is 2.51. The lowest BCUT2D eigenvalue weighted by Crippen LogP contribution is -2.23. The first-order chi connectivity index (χ1) is 7.61. The molecule has 0 fully saturated rings. The minimum Gasteiger partial charge on any atom is -0.298 e. The number of hydrogen-bond acceptors (Lipinski definition) is 3. The highest BCUT2D eigenvalue weighted by Crippen LogP contribution is 2.30. The van der Waals surface area contributed by atoms with E-state index in [4.69, 9.17) is 23.8 Å². The second-order valence-corrected chi connectivity index (χ2v) is 5.33. The van der Waals surface area contributed by atoms with E-state index in [-0.39, 0.29) is 5.69 Å². The quantitative estimate of drug-likeness (QED) is 0.852. The molecule has 2 rings (SSSR count). The fourth-order valence-corrected chi connectivity index (χ4v) is 2.76. The van der Waals surface area contributed by atoms with Crippen molar-refractivity contribution in [2.24, 2.45) is 0 Å². The number of nitrogens with one attached hydrogen (secondary N) is 1. The number of nitrogens with zero attached hydrogens (tertiary/aromatic N) is 1. The van der Waals surface area contributed by atoms with Crippen LogP contribution in [-0.2, 0) is 6.54 Å². The summed E-state index contributed by atoms with van der Waals surface area (Å²) >= 11 is 12.3. The number of hydrogen-bond donors (Lipinski definition) is 1. The monoisotopic (exact) mass is 272 g/mol. The van der Waals surface area contributed by atoms with Crippen LogP contribution in [0.25, 0.3) is 10.6 Å². The van der Waals surface area contributed by atoms with Crippen LogP contribution in [0.4, 0.5) is 0 Å². The second kappa shape index (κ2) is 4.53. The summed E-state index contributed by atoms with van der Waals surface area (Å²) in [7, 11) is 0. The van der Waals surface area contributed by atoms with Crippen molar-refractivity contribution in [3.05, 3.63) is 37.7 Å². The fourth-order valence-electron chi connectivity index (χ4n) is 1.49. The third kappa shape index (κ3) is 2.11. The van der Waals surface area contributed by atoms with E-state index < -0.39 is 0 Å². The number of halogens is 1. The summed E-state index contributed by atoms with van der Waals surface area (Å²) in [6, 6.07) is 5.48. The Morgan fingerprint density at radius 3 is 2.88 bits per heavy atom. The molecule has 0 amide bonds. The Morgan fingerprint density at radius 1 is 1.56 bits per heavy atom. The van der Waals surface area contributed by atoms with Gasteiger partial charge in [0.25, 0.3) is 0 Å². The third-order valence-corrected chi connectivity index (χ3v) is 3.65. The Balaban J connectivity index is 2.73. The predicted molar refractivity (Wildman–Crippen MR) is 69.9 cm³/mol. The first-order valence-electron chi connectivity index (χ1n) is 4.71. The Kier molecular flexibility index (Phi) is 3.28. The molecule has 0 atom stereocenters. The number of aromatic amines is 1. The van der Waals surface area contributed by atoms with Crippen molar-refractivity contribution >= 4 is 35.2 Å². The molecule has 84 valence electrons. The zero-order valence-corrected chi connectivity index (χ0v) is 10.9. The van der Waals surface area contributed by atoms with Gasteiger partial charge in [0.2, 0.25) is 0 Å². The molecule has 1 N–H and O–H groups in total. The standard InChI is InChI=1S/C10H9ClN2OS2/c1-2-13-6(5-9(15)12-10(13)14)7-3-4-8(11)16-7/h3-5H,2H2,1H3,(H,12,14,15). The number of aromatic nitrogens is 2. The minimum absolute atomic E-state index is 0.186. The van der Waals surface area contributed by atoms with Gasteiger partial charge in [-0.3, -0.25) is 9.55 Å². The molecule has 0 bridgehead atoms. The van der Waals surface area contributed by atoms with E-state index in [1.165, 1.54) is 11.3 Å². The van der Waals surface area contributed by atoms with Gasteiger partial charge in [0.05, 0.1) is 14.9 Å². The molecule has 0 saturated heterocycles. The predicted octanol–water partition coefficient (Wildman–Crippen LogP) is 3.31. The Hall–Kier alpha value is -0.910. The lowest BCUT2D eigenvalue weighted by molar-refractivity contribution is 0.706. The lowest BCUT2D eigenvalue weighted by atomic mass is 10.3. The molecule has 0 aliphatic rings. The van der Waals surface area contributed by atoms with E-state index in [1.807, 2.05) is 19.1 Å². The molecule has 0 radical (unpaired) electrons. The van der Waals surface area contributed by atoms with Gasteiger partial charge in [0.1, 0.15) is 4.64 Å². The van der Waals surface area contributed by atoms with Crippen molar-refractivity contribution in [1.29, 1.82) is 0 Å². The Labute approximate surface area is 106 Å². The first kappa shape index (κ1) is 11.6. The highest BCUT2D eigenvalue weighted by atomic mass is 35.5. The van der Waals surface area contributed by atoms with Gasteiger partial charge in [-0.15, -0.1) is 11.3 Å². The van der Waals surface area contributed by atoms with Gasteiger partial charge in [-0.1, -0.05) is 23.8 Å². The minimum atomic E-state index is -0.186. The smallest absolute Gasteiger partial charge is 0.298 e. The Morgan fingerprint density at radius 2 is 2.31 bits per heavy atom. The summed E-state index contributed by atoms with van der Waals surface area (Å²) in [4.78, 5) is 15.2. The molecule has 2 heterocycles. The fraction of sp³-hybridized carbons (Fsp3) is 0.200. The third-order valence-electron chi connectivity index (χ3n) is 2.18. The van der Waals surface area contributed by atoms with Crippen molar-refractivity contribution in [2.75, 3.05) is 0 Å². The molecule has 0 spiro atoms. The van der Waals surface area contributed by atoms with Gasteiger partial charge in [0, 0.05) is 6.54 Å². The van der Waals surface area contributed by atoms with Gasteiger partial charge < -0.3 is 0 Å². The van der Waals surface area contributed by atoms with Crippen LogP contribution in [-0.4, -0.2) is 9.55 Å². The van der Waals surface area contributed by atoms with E-state index >= 15 is 0 Å². The summed E-state index contributed by atoms with van der Waals surface area (Å²) < 4.78 is 2.77. The maximum Gasteiger partial charge on any atom is 0.326 e. The molecular weight excluding hydrogens is 264 g/mol. The molecule has 0 aromatic carbocycles. The summed E-state index contributed by atoms with van der Waals surface area (Å²) in [5.41, 5.74) is 0.627. The van der Waals surface area contributed by atoms with Gasteiger partial charge in [0.15, 0.2) is 0 Å². The Bertz CT molecular complexity index is 626. The summed E-state index contributed by atoms with van der Waals surface area (Å²) in [5.74, 6) is 0. The molecule has 3 nitrogen and oxygen atoms in total. The van der Waals surface area contributed by atoms with Crippen LogP contribution in [0, 0.1) is 4.64 Å². The highest BCUT2D eigenvalue weighted by molar-refractivity contribution is 7.71. The van der Waals surface area contributed by atoms with Crippen molar-refractivity contribution in [2.45, 2.75) is 13.5 Å². The average Bonchev–Trinajstić information content (AvgIpc) is 2.63. The second-order valence-electron chi connectivity index (χ2n) is 3.17. The van der Waals surface area contributed by atoms with Crippen LogP contribution in [0.5, 0.6) is 0 Å². The largest absolute Gasteiger partial charge is 0.326 e. The van der Waals surface area contributed by atoms with E-state index in [0.29, 0.717) is 15.5 Å². The van der Waals surface area contributed by atoms with Crippen LogP contribution in [0.3, 0.4) is 0 Å². The molecule has 16 heavy (non-hydrogen) atoms. The number of rotatable bonds is 2. The van der Waals surface area contributed by atoms with Crippen LogP contribution >= 0.6 is 35.2 Å². The van der Waals surface area contributed by atoms with Crippen molar-refractivity contribution in [1.82, 2.24) is 9.55 Å². The van der Waals surface area contributed by atoms with Crippen molar-refractivity contribution in [3.8, 4) is 10.6 Å².